The quantitative estimate of drug-likeness (QED) is 0.446. The zero-order valence-corrected chi connectivity index (χ0v) is 18.6. The average Bonchev–Trinajstić information content (AvgIpc) is 3.25. The third-order valence-corrected chi connectivity index (χ3v) is 6.21. The second kappa shape index (κ2) is 8.63. The van der Waals surface area contributed by atoms with Crippen molar-refractivity contribution in [1.29, 1.82) is 0 Å². The van der Waals surface area contributed by atoms with Crippen molar-refractivity contribution in [3.8, 4) is 11.3 Å². The lowest BCUT2D eigenvalue weighted by Gasteiger charge is -2.33. The molecule has 5 rings (SSSR count). The molecule has 0 saturated carbocycles. The molecule has 1 aliphatic heterocycles. The summed E-state index contributed by atoms with van der Waals surface area (Å²) in [6, 6.07) is 15.9. The number of aromatic amines is 1. The number of piperidine rings is 1. The van der Waals surface area contributed by atoms with Crippen LogP contribution in [0.15, 0.2) is 60.9 Å². The van der Waals surface area contributed by atoms with Gasteiger partial charge in [-0.2, -0.15) is 0 Å². The highest BCUT2D eigenvalue weighted by Crippen LogP contribution is 2.32. The number of fused-ring (bicyclic) bond motifs is 1. The second-order valence-corrected chi connectivity index (χ2v) is 8.65. The third kappa shape index (κ3) is 4.06. The van der Waals surface area contributed by atoms with Gasteiger partial charge in [-0.1, -0.05) is 47.5 Å². The fourth-order valence-corrected chi connectivity index (χ4v) is 4.43. The van der Waals surface area contributed by atoms with Crippen LogP contribution in [0.1, 0.15) is 28.8 Å². The zero-order valence-electron chi connectivity index (χ0n) is 17.8. The number of aryl methyl sites for hydroxylation is 1. The molecule has 0 bridgehead atoms. The number of aromatic nitrogens is 3. The van der Waals surface area contributed by atoms with Gasteiger partial charge in [0.15, 0.2) is 0 Å². The van der Waals surface area contributed by atoms with Gasteiger partial charge < -0.3 is 15.2 Å². The number of carbonyl (C=O) groups is 1. The highest BCUT2D eigenvalue weighted by molar-refractivity contribution is 6.33. The summed E-state index contributed by atoms with van der Waals surface area (Å²) in [7, 11) is 0. The van der Waals surface area contributed by atoms with Crippen LogP contribution in [-0.4, -0.2) is 44.9 Å². The molecule has 7 heteroatoms. The minimum absolute atomic E-state index is 0.0630. The number of para-hydroxylation sites is 1. The van der Waals surface area contributed by atoms with Gasteiger partial charge in [-0.3, -0.25) is 4.79 Å². The Bertz CT molecular complexity index is 1270. The Kier molecular flexibility index (Phi) is 5.53. The van der Waals surface area contributed by atoms with Crippen LogP contribution >= 0.6 is 11.6 Å². The number of anilines is 1. The van der Waals surface area contributed by atoms with Gasteiger partial charge in [-0.15, -0.1) is 0 Å². The van der Waals surface area contributed by atoms with E-state index >= 15 is 0 Å². The molecule has 2 aromatic carbocycles. The predicted molar refractivity (Wildman–Crippen MR) is 128 cm³/mol. The Morgan fingerprint density at radius 1 is 1.19 bits per heavy atom. The summed E-state index contributed by atoms with van der Waals surface area (Å²) in [6.07, 6.45) is 5.43. The Morgan fingerprint density at radius 2 is 2.00 bits per heavy atom. The van der Waals surface area contributed by atoms with Crippen molar-refractivity contribution >= 4 is 34.4 Å². The topological polar surface area (TPSA) is 73.9 Å². The molecule has 1 aliphatic rings. The van der Waals surface area contributed by atoms with Crippen LogP contribution in [0.3, 0.4) is 0 Å². The first-order valence-corrected chi connectivity index (χ1v) is 11.2. The Hall–Kier alpha value is -3.38. The molecule has 0 unspecified atom stereocenters. The van der Waals surface area contributed by atoms with Gasteiger partial charge in [-0.25, -0.2) is 9.97 Å². The standard InChI is InChI=1S/C25H24ClN5O/c1-16-8-10-17(11-9-16)24(32)31-12-4-5-18(15-31)29-25-28-14-21(26)23(30-25)20-13-27-22-7-3-2-6-19(20)22/h2-3,6-11,13-14,18,27H,4-5,12,15H2,1H3,(H,28,29,30)/t18-/m1/s1. The van der Waals surface area contributed by atoms with E-state index in [9.17, 15) is 4.79 Å². The third-order valence-electron chi connectivity index (χ3n) is 5.93. The van der Waals surface area contributed by atoms with Crippen LogP contribution in [0.4, 0.5) is 5.95 Å². The maximum Gasteiger partial charge on any atom is 0.253 e. The van der Waals surface area contributed by atoms with Crippen molar-refractivity contribution in [2.45, 2.75) is 25.8 Å². The van der Waals surface area contributed by atoms with Crippen LogP contribution in [0.25, 0.3) is 22.2 Å². The second-order valence-electron chi connectivity index (χ2n) is 8.24. The van der Waals surface area contributed by atoms with Gasteiger partial charge >= 0.3 is 0 Å². The van der Waals surface area contributed by atoms with Gasteiger partial charge in [-0.05, 0) is 38.0 Å². The number of H-pyrrole nitrogens is 1. The van der Waals surface area contributed by atoms with E-state index in [2.05, 4.69) is 15.3 Å². The highest BCUT2D eigenvalue weighted by Gasteiger charge is 2.25. The smallest absolute Gasteiger partial charge is 0.253 e. The number of benzene rings is 2. The molecule has 0 aliphatic carbocycles. The minimum Gasteiger partial charge on any atom is -0.360 e. The van der Waals surface area contributed by atoms with Crippen molar-refractivity contribution < 1.29 is 4.79 Å². The van der Waals surface area contributed by atoms with Crippen LogP contribution < -0.4 is 5.32 Å². The maximum absolute atomic E-state index is 12.9. The molecule has 2 aromatic heterocycles. The number of likely N-dealkylation sites (tertiary alicyclic amines) is 1. The van der Waals surface area contributed by atoms with E-state index in [1.54, 1.807) is 6.20 Å². The van der Waals surface area contributed by atoms with E-state index in [1.807, 2.05) is 66.6 Å². The maximum atomic E-state index is 12.9. The van der Waals surface area contributed by atoms with E-state index < -0.39 is 0 Å². The SMILES string of the molecule is Cc1ccc(C(=O)N2CCC[C@@H](Nc3ncc(Cl)c(-c4c[nH]c5ccccc45)n3)C2)cc1. The fraction of sp³-hybridized carbons (Fsp3) is 0.240. The number of rotatable bonds is 4. The van der Waals surface area contributed by atoms with Gasteiger partial charge in [0.2, 0.25) is 5.95 Å². The van der Waals surface area contributed by atoms with E-state index in [0.29, 0.717) is 23.2 Å². The molecule has 32 heavy (non-hydrogen) atoms. The number of nitrogens with zero attached hydrogens (tertiary/aromatic N) is 3. The van der Waals surface area contributed by atoms with Crippen molar-refractivity contribution in [2.75, 3.05) is 18.4 Å². The van der Waals surface area contributed by atoms with Crippen LogP contribution in [0.5, 0.6) is 0 Å². The number of carbonyl (C=O) groups excluding carboxylic acids is 1. The van der Waals surface area contributed by atoms with Gasteiger partial charge in [0.05, 0.1) is 16.9 Å². The number of hydrogen-bond acceptors (Lipinski definition) is 4. The zero-order chi connectivity index (χ0) is 22.1. The molecule has 6 nitrogen and oxygen atoms in total. The number of amides is 1. The van der Waals surface area contributed by atoms with Crippen molar-refractivity contribution in [1.82, 2.24) is 19.9 Å². The lowest BCUT2D eigenvalue weighted by Crippen LogP contribution is -2.45. The molecule has 1 fully saturated rings. The first-order chi connectivity index (χ1) is 15.6. The van der Waals surface area contributed by atoms with Crippen molar-refractivity contribution in [2.24, 2.45) is 0 Å². The molecule has 1 saturated heterocycles. The Labute approximate surface area is 191 Å². The van der Waals surface area contributed by atoms with Crippen LogP contribution in [-0.2, 0) is 0 Å². The average molecular weight is 446 g/mol. The number of hydrogen-bond donors (Lipinski definition) is 2. The molecule has 0 radical (unpaired) electrons. The monoisotopic (exact) mass is 445 g/mol. The number of halogens is 1. The van der Waals surface area contributed by atoms with Crippen molar-refractivity contribution in [3.63, 3.8) is 0 Å². The molecule has 4 aromatic rings. The molecule has 162 valence electrons. The minimum atomic E-state index is 0.0630. The lowest BCUT2D eigenvalue weighted by molar-refractivity contribution is 0.0714. The van der Waals surface area contributed by atoms with E-state index in [4.69, 9.17) is 16.6 Å². The van der Waals surface area contributed by atoms with Crippen LogP contribution in [0, 0.1) is 6.92 Å². The van der Waals surface area contributed by atoms with Gasteiger partial charge in [0.1, 0.15) is 0 Å². The Morgan fingerprint density at radius 3 is 2.84 bits per heavy atom. The van der Waals surface area contributed by atoms with E-state index in [1.165, 1.54) is 0 Å². The summed E-state index contributed by atoms with van der Waals surface area (Å²) in [5.41, 5.74) is 4.52. The largest absolute Gasteiger partial charge is 0.360 e. The van der Waals surface area contributed by atoms with Gasteiger partial charge in [0, 0.05) is 47.4 Å². The highest BCUT2D eigenvalue weighted by atomic mass is 35.5. The summed E-state index contributed by atoms with van der Waals surface area (Å²) in [6.45, 7) is 3.39. The molecule has 0 spiro atoms. The fourth-order valence-electron chi connectivity index (χ4n) is 4.23. The van der Waals surface area contributed by atoms with Gasteiger partial charge in [0.25, 0.3) is 5.91 Å². The summed E-state index contributed by atoms with van der Waals surface area (Å²) in [5.74, 6) is 0.581. The predicted octanol–water partition coefficient (Wildman–Crippen LogP) is 5.30. The normalized spacial score (nSPS) is 16.3. The lowest BCUT2D eigenvalue weighted by atomic mass is 10.0. The molecular formula is C25H24ClN5O. The first-order valence-electron chi connectivity index (χ1n) is 10.8. The Balaban J connectivity index is 1.34. The molecule has 3 heterocycles. The van der Waals surface area contributed by atoms with E-state index in [0.717, 1.165) is 47.0 Å². The summed E-state index contributed by atoms with van der Waals surface area (Å²) >= 11 is 6.45. The molecular weight excluding hydrogens is 422 g/mol. The first kappa shape index (κ1) is 20.5. The summed E-state index contributed by atoms with van der Waals surface area (Å²) < 4.78 is 0. The number of nitrogens with one attached hydrogen (secondary N) is 2. The molecule has 1 amide bonds. The summed E-state index contributed by atoms with van der Waals surface area (Å²) in [5, 5.41) is 4.98. The van der Waals surface area contributed by atoms with Crippen LogP contribution in [0.2, 0.25) is 5.02 Å². The molecule has 1 atom stereocenters. The molecule has 2 N–H and O–H groups in total. The van der Waals surface area contributed by atoms with E-state index in [-0.39, 0.29) is 11.9 Å². The summed E-state index contributed by atoms with van der Waals surface area (Å²) in [4.78, 5) is 27.2. The van der Waals surface area contributed by atoms with Crippen molar-refractivity contribution in [3.05, 3.63) is 77.1 Å².